The maximum absolute atomic E-state index is 12.3. The van der Waals surface area contributed by atoms with E-state index in [0.29, 0.717) is 23.9 Å². The van der Waals surface area contributed by atoms with E-state index < -0.39 is 15.4 Å². The van der Waals surface area contributed by atoms with Gasteiger partial charge in [-0.05, 0) is 87.6 Å². The van der Waals surface area contributed by atoms with Crippen LogP contribution in [0.15, 0.2) is 42.5 Å². The summed E-state index contributed by atoms with van der Waals surface area (Å²) in [5.74, 6) is -0.198. The van der Waals surface area contributed by atoms with Crippen molar-refractivity contribution in [2.45, 2.75) is 47.6 Å². The molecule has 0 radical (unpaired) electrons. The number of ether oxygens (including phenoxy) is 1. The molecule has 1 atom stereocenters. The van der Waals surface area contributed by atoms with Gasteiger partial charge in [0.2, 0.25) is 10.0 Å². The minimum Gasteiger partial charge on any atom is -0.465 e. The molecule has 0 spiro atoms. The Labute approximate surface area is 215 Å². The molecular weight excluding hydrogens is 482 g/mol. The standard InChI is InChI=1S/C26H37N3O4S2/c1-18-10-11-20(12-19(18)2)13-22(17-33-24(30)26(3,4)5)16-28-25(34)27-15-21-8-7-9-23(14-21)29-35(6,31)32/h7-12,14,22,29H,13,15-17H2,1-6H3,(H2,27,28,34). The average Bonchev–Trinajstić information content (AvgIpc) is 2.74. The van der Waals surface area contributed by atoms with Crippen LogP contribution in [-0.2, 0) is 32.5 Å². The molecule has 1 unspecified atom stereocenters. The molecule has 0 saturated heterocycles. The maximum Gasteiger partial charge on any atom is 0.311 e. The minimum absolute atomic E-state index is 0.0328. The Morgan fingerprint density at radius 3 is 2.37 bits per heavy atom. The number of thiocarbonyl (C=S) groups is 1. The summed E-state index contributed by atoms with van der Waals surface area (Å²) in [5.41, 5.74) is 4.47. The Bertz CT molecular complexity index is 1140. The van der Waals surface area contributed by atoms with E-state index in [2.05, 4.69) is 47.4 Å². The molecule has 0 amide bonds. The fraction of sp³-hybridized carbons (Fsp3) is 0.462. The number of anilines is 1. The highest BCUT2D eigenvalue weighted by molar-refractivity contribution is 7.92. The summed E-state index contributed by atoms with van der Waals surface area (Å²) in [6.45, 7) is 10.9. The SMILES string of the molecule is Cc1ccc(CC(CNC(=S)NCc2cccc(NS(C)(=O)=O)c2)COC(=O)C(C)(C)C)cc1C. The Balaban J connectivity index is 1.96. The van der Waals surface area contributed by atoms with Gasteiger partial charge in [-0.25, -0.2) is 8.42 Å². The van der Waals surface area contributed by atoms with Gasteiger partial charge >= 0.3 is 5.97 Å². The van der Waals surface area contributed by atoms with E-state index in [9.17, 15) is 13.2 Å². The maximum atomic E-state index is 12.3. The van der Waals surface area contributed by atoms with Crippen molar-refractivity contribution < 1.29 is 17.9 Å². The van der Waals surface area contributed by atoms with Crippen LogP contribution in [0.4, 0.5) is 5.69 Å². The zero-order valence-electron chi connectivity index (χ0n) is 21.4. The molecule has 0 aliphatic rings. The van der Waals surface area contributed by atoms with Gasteiger partial charge in [-0.2, -0.15) is 0 Å². The number of carbonyl (C=O) groups is 1. The molecule has 0 aromatic heterocycles. The second-order valence-electron chi connectivity index (χ2n) is 9.98. The summed E-state index contributed by atoms with van der Waals surface area (Å²) in [4.78, 5) is 12.3. The van der Waals surface area contributed by atoms with Crippen molar-refractivity contribution in [1.29, 1.82) is 0 Å². The smallest absolute Gasteiger partial charge is 0.311 e. The largest absolute Gasteiger partial charge is 0.465 e. The van der Waals surface area contributed by atoms with Crippen LogP contribution < -0.4 is 15.4 Å². The molecule has 192 valence electrons. The molecule has 0 aliphatic heterocycles. The van der Waals surface area contributed by atoms with E-state index in [-0.39, 0.29) is 18.5 Å². The molecule has 7 nitrogen and oxygen atoms in total. The van der Waals surface area contributed by atoms with Crippen molar-refractivity contribution in [2.75, 3.05) is 24.1 Å². The average molecular weight is 520 g/mol. The lowest BCUT2D eigenvalue weighted by atomic mass is 9.96. The summed E-state index contributed by atoms with van der Waals surface area (Å²) in [6.07, 6.45) is 1.86. The highest BCUT2D eigenvalue weighted by atomic mass is 32.2. The molecule has 35 heavy (non-hydrogen) atoms. The third-order valence-electron chi connectivity index (χ3n) is 5.39. The van der Waals surface area contributed by atoms with Gasteiger partial charge in [0.15, 0.2) is 5.11 Å². The van der Waals surface area contributed by atoms with Crippen molar-refractivity contribution in [3.63, 3.8) is 0 Å². The Hall–Kier alpha value is -2.65. The van der Waals surface area contributed by atoms with E-state index in [0.717, 1.165) is 18.2 Å². The molecule has 9 heteroatoms. The molecule has 0 heterocycles. The zero-order chi connectivity index (χ0) is 26.2. The van der Waals surface area contributed by atoms with Crippen LogP contribution in [-0.4, -0.2) is 38.9 Å². The molecule has 0 fully saturated rings. The van der Waals surface area contributed by atoms with Crippen molar-refractivity contribution in [1.82, 2.24) is 10.6 Å². The summed E-state index contributed by atoms with van der Waals surface area (Å²) in [6, 6.07) is 13.5. The van der Waals surface area contributed by atoms with Crippen LogP contribution in [0, 0.1) is 25.2 Å². The van der Waals surface area contributed by atoms with Gasteiger partial charge in [-0.15, -0.1) is 0 Å². The fourth-order valence-electron chi connectivity index (χ4n) is 3.30. The first-order valence-corrected chi connectivity index (χ1v) is 13.8. The lowest BCUT2D eigenvalue weighted by molar-refractivity contribution is -0.154. The highest BCUT2D eigenvalue weighted by Gasteiger charge is 2.24. The second-order valence-corrected chi connectivity index (χ2v) is 12.1. The summed E-state index contributed by atoms with van der Waals surface area (Å²) in [5, 5.41) is 6.85. The van der Waals surface area contributed by atoms with Crippen molar-refractivity contribution >= 4 is 39.0 Å². The van der Waals surface area contributed by atoms with Gasteiger partial charge in [0.25, 0.3) is 0 Å². The van der Waals surface area contributed by atoms with Crippen molar-refractivity contribution in [3.8, 4) is 0 Å². The number of benzene rings is 2. The number of esters is 1. The van der Waals surface area contributed by atoms with E-state index >= 15 is 0 Å². The number of sulfonamides is 1. The molecule has 0 saturated carbocycles. The van der Waals surface area contributed by atoms with Crippen LogP contribution in [0.2, 0.25) is 0 Å². The van der Waals surface area contributed by atoms with Crippen LogP contribution in [0.3, 0.4) is 0 Å². The predicted octanol–water partition coefficient (Wildman–Crippen LogP) is 4.09. The first-order chi connectivity index (χ1) is 16.2. The molecule has 2 rings (SSSR count). The molecule has 2 aromatic rings. The van der Waals surface area contributed by atoms with Crippen LogP contribution in [0.1, 0.15) is 43.0 Å². The normalized spacial score (nSPS) is 12.5. The molecule has 3 N–H and O–H groups in total. The molecular formula is C26H37N3O4S2. The van der Waals surface area contributed by atoms with Gasteiger partial charge < -0.3 is 15.4 Å². The number of hydrogen-bond donors (Lipinski definition) is 3. The van der Waals surface area contributed by atoms with E-state index in [1.165, 1.54) is 16.7 Å². The molecule has 0 aliphatic carbocycles. The van der Waals surface area contributed by atoms with Crippen LogP contribution in [0.5, 0.6) is 0 Å². The topological polar surface area (TPSA) is 96.5 Å². The van der Waals surface area contributed by atoms with Gasteiger partial charge in [-0.1, -0.05) is 30.3 Å². The highest BCUT2D eigenvalue weighted by Crippen LogP contribution is 2.18. The van der Waals surface area contributed by atoms with Crippen molar-refractivity contribution in [3.05, 3.63) is 64.7 Å². The number of carbonyl (C=O) groups excluding carboxylic acids is 1. The summed E-state index contributed by atoms with van der Waals surface area (Å²) in [7, 11) is -3.34. The Morgan fingerprint density at radius 1 is 1.03 bits per heavy atom. The number of hydrogen-bond acceptors (Lipinski definition) is 5. The molecule has 0 bridgehead atoms. The monoisotopic (exact) mass is 519 g/mol. The van der Waals surface area contributed by atoms with Gasteiger partial charge in [-0.3, -0.25) is 9.52 Å². The lowest BCUT2D eigenvalue weighted by Gasteiger charge is -2.22. The van der Waals surface area contributed by atoms with E-state index in [4.69, 9.17) is 17.0 Å². The summed E-state index contributed by atoms with van der Waals surface area (Å²) < 4.78 is 31.0. The fourth-order valence-corrected chi connectivity index (χ4v) is 4.02. The lowest BCUT2D eigenvalue weighted by Crippen LogP contribution is -2.39. The minimum atomic E-state index is -3.34. The van der Waals surface area contributed by atoms with Crippen LogP contribution >= 0.6 is 12.2 Å². The van der Waals surface area contributed by atoms with Gasteiger partial charge in [0, 0.05) is 24.7 Å². The summed E-state index contributed by atoms with van der Waals surface area (Å²) >= 11 is 5.45. The quantitative estimate of drug-likeness (QED) is 0.321. The number of aryl methyl sites for hydroxylation is 2. The third-order valence-corrected chi connectivity index (χ3v) is 6.29. The first kappa shape index (κ1) is 28.6. The van der Waals surface area contributed by atoms with Crippen molar-refractivity contribution in [2.24, 2.45) is 11.3 Å². The van der Waals surface area contributed by atoms with Gasteiger partial charge in [0.05, 0.1) is 18.3 Å². The number of rotatable bonds is 10. The van der Waals surface area contributed by atoms with E-state index in [1.54, 1.807) is 18.2 Å². The molecule has 2 aromatic carbocycles. The first-order valence-electron chi connectivity index (χ1n) is 11.5. The number of nitrogens with one attached hydrogen (secondary N) is 3. The van der Waals surface area contributed by atoms with E-state index in [1.807, 2.05) is 26.8 Å². The Kier molecular flexibility index (Phi) is 10.1. The predicted molar refractivity (Wildman–Crippen MR) is 146 cm³/mol. The Morgan fingerprint density at radius 2 is 1.74 bits per heavy atom. The second kappa shape index (κ2) is 12.4. The van der Waals surface area contributed by atoms with Crippen LogP contribution in [0.25, 0.3) is 0 Å². The third kappa shape index (κ3) is 10.7. The van der Waals surface area contributed by atoms with Gasteiger partial charge in [0.1, 0.15) is 0 Å². The zero-order valence-corrected chi connectivity index (χ0v) is 23.0.